The second-order valence-corrected chi connectivity index (χ2v) is 5.19. The molecule has 1 aliphatic rings. The van der Waals surface area contributed by atoms with E-state index in [2.05, 4.69) is 15.0 Å². The molecule has 0 saturated carbocycles. The molecule has 6 heteroatoms. The number of nitrogen functional groups attached to an aromatic ring is 1. The molecular formula is C15H13ClN4O. The Morgan fingerprint density at radius 2 is 2.10 bits per heavy atom. The molecule has 2 aromatic rings. The second-order valence-electron chi connectivity index (χ2n) is 4.79. The summed E-state index contributed by atoms with van der Waals surface area (Å²) in [6, 6.07) is 4.93. The van der Waals surface area contributed by atoms with Gasteiger partial charge in [-0.05, 0) is 31.2 Å². The number of nitrogens with two attached hydrogens (primary N) is 1. The van der Waals surface area contributed by atoms with Gasteiger partial charge in [0, 0.05) is 16.8 Å². The van der Waals surface area contributed by atoms with E-state index in [1.54, 1.807) is 12.1 Å². The van der Waals surface area contributed by atoms with Crippen molar-refractivity contribution in [3.8, 4) is 17.0 Å². The van der Waals surface area contributed by atoms with Gasteiger partial charge in [-0.3, -0.25) is 9.98 Å². The van der Waals surface area contributed by atoms with Crippen molar-refractivity contribution in [3.05, 3.63) is 41.2 Å². The Morgan fingerprint density at radius 1 is 1.29 bits per heavy atom. The van der Waals surface area contributed by atoms with Crippen molar-refractivity contribution in [2.75, 3.05) is 12.3 Å². The molecule has 3 rings (SSSR count). The van der Waals surface area contributed by atoms with Crippen molar-refractivity contribution in [2.45, 2.75) is 6.92 Å². The van der Waals surface area contributed by atoms with Gasteiger partial charge in [-0.2, -0.15) is 0 Å². The van der Waals surface area contributed by atoms with Crippen LogP contribution in [0, 0.1) is 0 Å². The molecule has 1 aromatic heterocycles. The molecule has 0 spiro atoms. The number of benzene rings is 1. The summed E-state index contributed by atoms with van der Waals surface area (Å²) in [6.45, 7) is 2.49. The summed E-state index contributed by atoms with van der Waals surface area (Å²) in [7, 11) is 0. The Hall–Kier alpha value is -2.40. The minimum Gasteiger partial charge on any atom is -0.506 e. The Balaban J connectivity index is 2.14. The fourth-order valence-electron chi connectivity index (χ4n) is 2.19. The fourth-order valence-corrected chi connectivity index (χ4v) is 2.37. The summed E-state index contributed by atoms with van der Waals surface area (Å²) in [5.41, 5.74) is 9.80. The second kappa shape index (κ2) is 5.18. The van der Waals surface area contributed by atoms with E-state index >= 15 is 0 Å². The molecule has 1 aromatic carbocycles. The average molecular weight is 301 g/mol. The first-order valence-electron chi connectivity index (χ1n) is 6.38. The van der Waals surface area contributed by atoms with E-state index < -0.39 is 0 Å². The van der Waals surface area contributed by atoms with Gasteiger partial charge < -0.3 is 10.8 Å². The van der Waals surface area contributed by atoms with Crippen molar-refractivity contribution in [1.29, 1.82) is 0 Å². The van der Waals surface area contributed by atoms with Crippen LogP contribution in [0.4, 0.5) is 5.82 Å². The largest absolute Gasteiger partial charge is 0.506 e. The third kappa shape index (κ3) is 2.60. The zero-order chi connectivity index (χ0) is 15.0. The molecule has 0 saturated heterocycles. The van der Waals surface area contributed by atoms with E-state index in [0.29, 0.717) is 23.8 Å². The number of hydrogen-bond acceptors (Lipinski definition) is 5. The van der Waals surface area contributed by atoms with Crippen LogP contribution in [0.25, 0.3) is 16.8 Å². The van der Waals surface area contributed by atoms with Gasteiger partial charge >= 0.3 is 0 Å². The number of halogens is 1. The number of rotatable bonds is 2. The van der Waals surface area contributed by atoms with Crippen LogP contribution in [-0.2, 0) is 0 Å². The van der Waals surface area contributed by atoms with Gasteiger partial charge in [0.2, 0.25) is 0 Å². The minimum atomic E-state index is 0.0321. The molecular weight excluding hydrogens is 288 g/mol. The van der Waals surface area contributed by atoms with Crippen LogP contribution in [0.15, 0.2) is 35.5 Å². The monoisotopic (exact) mass is 300 g/mol. The maximum atomic E-state index is 9.53. The van der Waals surface area contributed by atoms with Crippen molar-refractivity contribution in [2.24, 2.45) is 4.99 Å². The molecule has 5 nitrogen and oxygen atoms in total. The number of nitrogens with zero attached hydrogens (tertiary/aromatic N) is 3. The summed E-state index contributed by atoms with van der Waals surface area (Å²) in [5, 5.41) is 9.80. The number of aromatic nitrogens is 2. The normalized spacial score (nSPS) is 14.0. The molecule has 0 radical (unpaired) electrons. The first-order chi connectivity index (χ1) is 10.0. The molecule has 106 valence electrons. The number of phenolic OH excluding ortho intramolecular Hbond substituents is 1. The predicted molar refractivity (Wildman–Crippen MR) is 84.5 cm³/mol. The molecule has 0 fully saturated rings. The molecule has 0 amide bonds. The van der Waals surface area contributed by atoms with Crippen LogP contribution >= 0.6 is 11.6 Å². The maximum Gasteiger partial charge on any atom is 0.142 e. The highest BCUT2D eigenvalue weighted by molar-refractivity contribution is 6.32. The highest BCUT2D eigenvalue weighted by Gasteiger charge is 2.17. The number of phenols is 1. The van der Waals surface area contributed by atoms with Gasteiger partial charge in [-0.25, -0.2) is 4.98 Å². The lowest BCUT2D eigenvalue weighted by Gasteiger charge is -2.10. The highest BCUT2D eigenvalue weighted by Crippen LogP contribution is 2.32. The quantitative estimate of drug-likeness (QED) is 0.893. The number of aromatic hydroxyl groups is 1. The van der Waals surface area contributed by atoms with Crippen LogP contribution in [-0.4, -0.2) is 27.3 Å². The summed E-state index contributed by atoms with van der Waals surface area (Å²) in [5.74, 6) is 0.383. The molecule has 0 atom stereocenters. The van der Waals surface area contributed by atoms with Gasteiger partial charge in [0.15, 0.2) is 0 Å². The van der Waals surface area contributed by atoms with Gasteiger partial charge in [0.1, 0.15) is 11.6 Å². The highest BCUT2D eigenvalue weighted by atomic mass is 35.5. The molecule has 3 N–H and O–H groups in total. The zero-order valence-electron chi connectivity index (χ0n) is 11.3. The Bertz CT molecular complexity index is 783. The summed E-state index contributed by atoms with van der Waals surface area (Å²) in [6.07, 6.45) is 3.47. The first kappa shape index (κ1) is 13.6. The summed E-state index contributed by atoms with van der Waals surface area (Å²) < 4.78 is 0. The fraction of sp³-hybridized carbons (Fsp3) is 0.133. The molecule has 0 unspecified atom stereocenters. The SMILES string of the molecule is CC1=NCC(c2nc(N)cnc2-c2ccc(O)c(Cl)c2)=C1. The number of hydrogen-bond donors (Lipinski definition) is 2. The Morgan fingerprint density at radius 3 is 2.76 bits per heavy atom. The van der Waals surface area contributed by atoms with E-state index in [4.69, 9.17) is 17.3 Å². The van der Waals surface area contributed by atoms with E-state index in [1.807, 2.05) is 13.0 Å². The smallest absolute Gasteiger partial charge is 0.142 e. The minimum absolute atomic E-state index is 0.0321. The van der Waals surface area contributed by atoms with Crippen LogP contribution in [0.1, 0.15) is 12.6 Å². The number of allylic oxidation sites excluding steroid dienone is 1. The van der Waals surface area contributed by atoms with Crippen LogP contribution in [0.5, 0.6) is 5.75 Å². The van der Waals surface area contributed by atoms with Crippen molar-refractivity contribution >= 4 is 28.7 Å². The summed E-state index contributed by atoms with van der Waals surface area (Å²) >= 11 is 5.97. The molecule has 2 heterocycles. The topological polar surface area (TPSA) is 84.4 Å². The van der Waals surface area contributed by atoms with E-state index in [1.165, 1.54) is 12.3 Å². The third-order valence-electron chi connectivity index (χ3n) is 3.20. The third-order valence-corrected chi connectivity index (χ3v) is 3.50. The van der Waals surface area contributed by atoms with Crippen LogP contribution in [0.3, 0.4) is 0 Å². The van der Waals surface area contributed by atoms with Gasteiger partial charge in [0.25, 0.3) is 0 Å². The van der Waals surface area contributed by atoms with E-state index in [0.717, 1.165) is 16.8 Å². The molecule has 0 bridgehead atoms. The van der Waals surface area contributed by atoms with Gasteiger partial charge in [-0.15, -0.1) is 0 Å². The number of anilines is 1. The lowest BCUT2D eigenvalue weighted by Crippen LogP contribution is -2.02. The molecule has 1 aliphatic heterocycles. The molecule has 21 heavy (non-hydrogen) atoms. The Labute approximate surface area is 126 Å². The standard InChI is InChI=1S/C15H13ClN4O/c1-8-4-10(6-18-8)15-14(19-7-13(17)20-15)9-2-3-12(21)11(16)5-9/h2-5,7,21H,6H2,1H3,(H2,17,20). The lowest BCUT2D eigenvalue weighted by atomic mass is 10.0. The first-order valence-corrected chi connectivity index (χ1v) is 6.76. The van der Waals surface area contributed by atoms with Gasteiger partial charge in [0.05, 0.1) is 29.2 Å². The van der Waals surface area contributed by atoms with Crippen molar-refractivity contribution in [1.82, 2.24) is 9.97 Å². The maximum absolute atomic E-state index is 9.53. The van der Waals surface area contributed by atoms with E-state index in [9.17, 15) is 5.11 Å². The van der Waals surface area contributed by atoms with E-state index in [-0.39, 0.29) is 10.8 Å². The average Bonchev–Trinajstić information content (AvgIpc) is 2.88. The van der Waals surface area contributed by atoms with Crippen molar-refractivity contribution in [3.63, 3.8) is 0 Å². The summed E-state index contributed by atoms with van der Waals surface area (Å²) in [4.78, 5) is 13.1. The van der Waals surface area contributed by atoms with Crippen molar-refractivity contribution < 1.29 is 5.11 Å². The lowest BCUT2D eigenvalue weighted by molar-refractivity contribution is 0.475. The van der Waals surface area contributed by atoms with Crippen LogP contribution < -0.4 is 5.73 Å². The Kier molecular flexibility index (Phi) is 3.35. The molecule has 0 aliphatic carbocycles. The number of aliphatic imine (C=N–C) groups is 1. The predicted octanol–water partition coefficient (Wildman–Crippen LogP) is 2.94. The zero-order valence-corrected chi connectivity index (χ0v) is 12.1. The van der Waals surface area contributed by atoms with Crippen LogP contribution in [0.2, 0.25) is 5.02 Å². The van der Waals surface area contributed by atoms with Gasteiger partial charge in [-0.1, -0.05) is 11.6 Å².